The Labute approximate surface area is 107 Å². The van der Waals surface area contributed by atoms with Crippen LogP contribution in [-0.4, -0.2) is 38.5 Å². The summed E-state index contributed by atoms with van der Waals surface area (Å²) in [6.45, 7) is 3.28. The van der Waals surface area contributed by atoms with Gasteiger partial charge in [-0.3, -0.25) is 0 Å². The quantitative estimate of drug-likeness (QED) is 0.883. The fraction of sp³-hybridized carbons (Fsp3) is 0.571. The van der Waals surface area contributed by atoms with E-state index in [4.69, 9.17) is 14.2 Å². The number of fused-ring (bicyclic) bond motifs is 1. The predicted octanol–water partition coefficient (Wildman–Crippen LogP) is 1.59. The third-order valence-electron chi connectivity index (χ3n) is 3.37. The topological polar surface area (TPSA) is 39.7 Å². The first-order chi connectivity index (χ1) is 8.92. The smallest absolute Gasteiger partial charge is 0.161 e. The van der Waals surface area contributed by atoms with Crippen LogP contribution in [0.4, 0.5) is 0 Å². The molecule has 0 amide bonds. The molecule has 3 rings (SSSR count). The number of para-hydroxylation sites is 2. The molecule has 98 valence electrons. The van der Waals surface area contributed by atoms with Gasteiger partial charge in [0.1, 0.15) is 6.61 Å². The monoisotopic (exact) mass is 249 g/mol. The minimum Gasteiger partial charge on any atom is -0.486 e. The van der Waals surface area contributed by atoms with E-state index in [1.165, 1.54) is 0 Å². The fourth-order valence-corrected chi connectivity index (χ4v) is 2.35. The summed E-state index contributed by atoms with van der Waals surface area (Å²) < 4.78 is 17.4. The number of nitrogens with one attached hydrogen (secondary N) is 1. The van der Waals surface area contributed by atoms with Crippen molar-refractivity contribution in [2.75, 3.05) is 26.3 Å². The first-order valence-electron chi connectivity index (χ1n) is 6.62. The molecule has 0 saturated carbocycles. The van der Waals surface area contributed by atoms with E-state index in [-0.39, 0.29) is 6.10 Å². The zero-order valence-electron chi connectivity index (χ0n) is 10.4. The van der Waals surface area contributed by atoms with Gasteiger partial charge in [-0.05, 0) is 38.1 Å². The summed E-state index contributed by atoms with van der Waals surface area (Å²) in [5.74, 6) is 1.65. The maximum Gasteiger partial charge on any atom is 0.161 e. The third-order valence-corrected chi connectivity index (χ3v) is 3.37. The molecule has 0 radical (unpaired) electrons. The van der Waals surface area contributed by atoms with Crippen LogP contribution >= 0.6 is 0 Å². The highest BCUT2D eigenvalue weighted by Crippen LogP contribution is 2.31. The van der Waals surface area contributed by atoms with E-state index in [1.54, 1.807) is 0 Å². The first kappa shape index (κ1) is 11.8. The lowest BCUT2D eigenvalue weighted by Gasteiger charge is -2.29. The van der Waals surface area contributed by atoms with Crippen molar-refractivity contribution in [3.8, 4) is 11.5 Å². The molecule has 0 aromatic heterocycles. The van der Waals surface area contributed by atoms with Crippen molar-refractivity contribution in [3.05, 3.63) is 24.3 Å². The van der Waals surface area contributed by atoms with Gasteiger partial charge in [0, 0.05) is 0 Å². The second kappa shape index (κ2) is 5.59. The van der Waals surface area contributed by atoms with Crippen molar-refractivity contribution in [1.82, 2.24) is 5.32 Å². The van der Waals surface area contributed by atoms with Gasteiger partial charge in [0.2, 0.25) is 0 Å². The van der Waals surface area contributed by atoms with Crippen molar-refractivity contribution in [3.63, 3.8) is 0 Å². The predicted molar refractivity (Wildman–Crippen MR) is 68.2 cm³/mol. The Morgan fingerprint density at radius 1 is 1.17 bits per heavy atom. The minimum absolute atomic E-state index is 0.00906. The molecule has 1 saturated heterocycles. The molecule has 18 heavy (non-hydrogen) atoms. The lowest BCUT2D eigenvalue weighted by molar-refractivity contribution is -0.0343. The number of hydrogen-bond donors (Lipinski definition) is 1. The molecule has 4 nitrogen and oxygen atoms in total. The van der Waals surface area contributed by atoms with Crippen molar-refractivity contribution >= 4 is 0 Å². The Hall–Kier alpha value is -1.26. The lowest BCUT2D eigenvalue weighted by Crippen LogP contribution is -2.38. The van der Waals surface area contributed by atoms with Crippen LogP contribution < -0.4 is 14.8 Å². The molecule has 4 heteroatoms. The normalized spacial score (nSPS) is 23.9. The molecular weight excluding hydrogens is 230 g/mol. The highest BCUT2D eigenvalue weighted by molar-refractivity contribution is 5.40. The van der Waals surface area contributed by atoms with Crippen LogP contribution in [0.3, 0.4) is 0 Å². The average molecular weight is 249 g/mol. The maximum absolute atomic E-state index is 5.89. The Morgan fingerprint density at radius 2 is 1.94 bits per heavy atom. The van der Waals surface area contributed by atoms with Gasteiger partial charge < -0.3 is 19.5 Å². The van der Waals surface area contributed by atoms with E-state index in [2.05, 4.69) is 5.32 Å². The summed E-state index contributed by atoms with van der Waals surface area (Å²) in [5, 5.41) is 3.33. The van der Waals surface area contributed by atoms with Gasteiger partial charge in [-0.1, -0.05) is 12.1 Å². The van der Waals surface area contributed by atoms with E-state index in [9.17, 15) is 0 Å². The molecule has 2 aliphatic heterocycles. The van der Waals surface area contributed by atoms with Crippen LogP contribution in [0.25, 0.3) is 0 Å². The van der Waals surface area contributed by atoms with Crippen LogP contribution in [0.15, 0.2) is 24.3 Å². The van der Waals surface area contributed by atoms with Gasteiger partial charge in [-0.2, -0.15) is 0 Å². The van der Waals surface area contributed by atoms with Crippen LogP contribution in [0.2, 0.25) is 0 Å². The van der Waals surface area contributed by atoms with E-state index in [1.807, 2.05) is 24.3 Å². The Morgan fingerprint density at radius 3 is 2.78 bits per heavy atom. The van der Waals surface area contributed by atoms with Gasteiger partial charge >= 0.3 is 0 Å². The van der Waals surface area contributed by atoms with Crippen molar-refractivity contribution in [2.24, 2.45) is 0 Å². The summed E-state index contributed by atoms with van der Waals surface area (Å²) in [4.78, 5) is 0. The number of piperidine rings is 1. The highest BCUT2D eigenvalue weighted by atomic mass is 16.6. The van der Waals surface area contributed by atoms with Crippen LogP contribution in [-0.2, 0) is 4.74 Å². The Balaban J connectivity index is 1.50. The average Bonchev–Trinajstić information content (AvgIpc) is 2.46. The molecule has 1 aromatic carbocycles. The van der Waals surface area contributed by atoms with E-state index < -0.39 is 0 Å². The molecule has 2 heterocycles. The third kappa shape index (κ3) is 2.76. The molecular formula is C14H19NO3. The number of ether oxygens (including phenoxy) is 3. The van der Waals surface area contributed by atoms with Gasteiger partial charge in [0.25, 0.3) is 0 Å². The van der Waals surface area contributed by atoms with Gasteiger partial charge in [0.15, 0.2) is 17.6 Å². The molecule has 0 aliphatic carbocycles. The fourth-order valence-electron chi connectivity index (χ4n) is 2.35. The zero-order valence-corrected chi connectivity index (χ0v) is 10.4. The standard InChI is InChI=1S/C14H19NO3/c1-2-4-14-13(3-1)17-10-12(18-14)9-16-11-5-7-15-8-6-11/h1-4,11-12,15H,5-10H2. The molecule has 1 atom stereocenters. The molecule has 1 aromatic rings. The largest absolute Gasteiger partial charge is 0.486 e. The van der Waals surface area contributed by atoms with Crippen LogP contribution in [0.5, 0.6) is 11.5 Å². The first-order valence-corrected chi connectivity index (χ1v) is 6.62. The van der Waals surface area contributed by atoms with Gasteiger partial charge in [0.05, 0.1) is 12.7 Å². The van der Waals surface area contributed by atoms with Crippen molar-refractivity contribution in [2.45, 2.75) is 25.0 Å². The highest BCUT2D eigenvalue weighted by Gasteiger charge is 2.22. The minimum atomic E-state index is 0.00906. The summed E-state index contributed by atoms with van der Waals surface area (Å²) in [7, 11) is 0. The molecule has 1 unspecified atom stereocenters. The second-order valence-electron chi connectivity index (χ2n) is 4.78. The number of hydrogen-bond acceptors (Lipinski definition) is 4. The summed E-state index contributed by atoms with van der Waals surface area (Å²) in [5.41, 5.74) is 0. The summed E-state index contributed by atoms with van der Waals surface area (Å²) in [6, 6.07) is 7.78. The number of benzene rings is 1. The van der Waals surface area contributed by atoms with Crippen molar-refractivity contribution < 1.29 is 14.2 Å². The molecule has 1 N–H and O–H groups in total. The zero-order chi connectivity index (χ0) is 12.2. The Bertz CT molecular complexity index is 390. The van der Waals surface area contributed by atoms with Gasteiger partial charge in [-0.25, -0.2) is 0 Å². The second-order valence-corrected chi connectivity index (χ2v) is 4.78. The summed E-state index contributed by atoms with van der Waals surface area (Å²) >= 11 is 0. The van der Waals surface area contributed by atoms with Crippen LogP contribution in [0, 0.1) is 0 Å². The maximum atomic E-state index is 5.89. The van der Waals surface area contributed by atoms with Gasteiger partial charge in [-0.15, -0.1) is 0 Å². The van der Waals surface area contributed by atoms with E-state index in [0.717, 1.165) is 37.4 Å². The number of rotatable bonds is 3. The van der Waals surface area contributed by atoms with Crippen molar-refractivity contribution in [1.29, 1.82) is 0 Å². The van der Waals surface area contributed by atoms with Crippen LogP contribution in [0.1, 0.15) is 12.8 Å². The lowest BCUT2D eigenvalue weighted by atomic mass is 10.1. The molecule has 1 fully saturated rings. The SMILES string of the molecule is c1ccc2c(c1)OCC(COC1CCNCC1)O2. The summed E-state index contributed by atoms with van der Waals surface area (Å²) in [6.07, 6.45) is 2.55. The Kier molecular flexibility index (Phi) is 3.67. The van der Waals surface area contributed by atoms with E-state index in [0.29, 0.717) is 19.3 Å². The van der Waals surface area contributed by atoms with E-state index >= 15 is 0 Å². The molecule has 0 bridgehead atoms. The molecule has 2 aliphatic rings. The molecule has 0 spiro atoms.